The molecule has 17 heavy (non-hydrogen) atoms. The standard InChI is InChI=1S/C14H31N3/c1-13(2)6-5-7-14(12-15,9-8-13)16-10-11-17(3)4/h16H,5-12,15H2,1-4H3. The first kappa shape index (κ1) is 14.9. The van der Waals surface area contributed by atoms with Crippen LogP contribution in [0.25, 0.3) is 0 Å². The van der Waals surface area contributed by atoms with Crippen molar-refractivity contribution in [3.8, 4) is 0 Å². The average Bonchev–Trinajstić information content (AvgIpc) is 2.38. The number of nitrogens with zero attached hydrogens (tertiary/aromatic N) is 1. The summed E-state index contributed by atoms with van der Waals surface area (Å²) in [5.41, 5.74) is 6.74. The van der Waals surface area contributed by atoms with E-state index in [-0.39, 0.29) is 5.54 Å². The molecule has 1 aliphatic rings. The smallest absolute Gasteiger partial charge is 0.0304 e. The minimum absolute atomic E-state index is 0.198. The van der Waals surface area contributed by atoms with Gasteiger partial charge in [-0.1, -0.05) is 20.3 Å². The number of nitrogens with two attached hydrogens (primary N) is 1. The third-order valence-corrected chi connectivity index (χ3v) is 4.24. The van der Waals surface area contributed by atoms with Gasteiger partial charge in [-0.05, 0) is 45.2 Å². The predicted octanol–water partition coefficient (Wildman–Crippen LogP) is 1.83. The number of nitrogens with one attached hydrogen (secondary N) is 1. The van der Waals surface area contributed by atoms with Gasteiger partial charge in [-0.3, -0.25) is 0 Å². The second kappa shape index (κ2) is 6.17. The second-order valence-corrected chi connectivity index (χ2v) is 6.73. The molecule has 3 N–H and O–H groups in total. The molecule has 0 aromatic carbocycles. The molecule has 1 fully saturated rings. The van der Waals surface area contributed by atoms with Crippen molar-refractivity contribution >= 4 is 0 Å². The quantitative estimate of drug-likeness (QED) is 0.722. The third-order valence-electron chi connectivity index (χ3n) is 4.24. The number of likely N-dealkylation sites (N-methyl/N-ethyl adjacent to an activating group) is 1. The van der Waals surface area contributed by atoms with Crippen LogP contribution in [-0.4, -0.2) is 44.2 Å². The maximum Gasteiger partial charge on any atom is 0.0304 e. The molecule has 3 nitrogen and oxygen atoms in total. The number of hydrogen-bond donors (Lipinski definition) is 2. The average molecular weight is 241 g/mol. The van der Waals surface area contributed by atoms with Crippen LogP contribution >= 0.6 is 0 Å². The zero-order valence-electron chi connectivity index (χ0n) is 12.2. The van der Waals surface area contributed by atoms with Crippen LogP contribution in [0, 0.1) is 5.41 Å². The lowest BCUT2D eigenvalue weighted by atomic mass is 9.83. The van der Waals surface area contributed by atoms with Gasteiger partial charge in [-0.2, -0.15) is 0 Å². The van der Waals surface area contributed by atoms with E-state index in [1.54, 1.807) is 0 Å². The van der Waals surface area contributed by atoms with Crippen LogP contribution < -0.4 is 11.1 Å². The summed E-state index contributed by atoms with van der Waals surface area (Å²) in [6.07, 6.45) is 6.40. The summed E-state index contributed by atoms with van der Waals surface area (Å²) in [7, 11) is 4.24. The summed E-state index contributed by atoms with van der Waals surface area (Å²) in [6.45, 7) is 7.69. The van der Waals surface area contributed by atoms with Crippen LogP contribution in [0.2, 0.25) is 0 Å². The Morgan fingerprint density at radius 1 is 1.12 bits per heavy atom. The van der Waals surface area contributed by atoms with Crippen molar-refractivity contribution in [3.05, 3.63) is 0 Å². The van der Waals surface area contributed by atoms with Gasteiger partial charge in [-0.15, -0.1) is 0 Å². The fourth-order valence-electron chi connectivity index (χ4n) is 2.73. The van der Waals surface area contributed by atoms with Gasteiger partial charge < -0.3 is 16.0 Å². The van der Waals surface area contributed by atoms with E-state index in [9.17, 15) is 0 Å². The molecule has 0 aromatic rings. The molecule has 0 radical (unpaired) electrons. The van der Waals surface area contributed by atoms with E-state index < -0.39 is 0 Å². The van der Waals surface area contributed by atoms with Crippen LogP contribution in [0.3, 0.4) is 0 Å². The maximum absolute atomic E-state index is 6.04. The molecule has 1 aliphatic carbocycles. The largest absolute Gasteiger partial charge is 0.329 e. The van der Waals surface area contributed by atoms with Crippen molar-refractivity contribution in [1.82, 2.24) is 10.2 Å². The minimum Gasteiger partial charge on any atom is -0.329 e. The zero-order chi connectivity index (χ0) is 12.9. The Hall–Kier alpha value is -0.120. The lowest BCUT2D eigenvalue weighted by Crippen LogP contribution is -2.52. The Morgan fingerprint density at radius 3 is 2.41 bits per heavy atom. The first-order valence-corrected chi connectivity index (χ1v) is 6.99. The molecule has 1 atom stereocenters. The SMILES string of the molecule is CN(C)CCNC1(CN)CCCC(C)(C)CC1. The van der Waals surface area contributed by atoms with Crippen molar-refractivity contribution in [3.63, 3.8) is 0 Å². The lowest BCUT2D eigenvalue weighted by Gasteiger charge is -2.34. The Balaban J connectivity index is 2.50. The first-order chi connectivity index (χ1) is 7.89. The van der Waals surface area contributed by atoms with Crippen molar-refractivity contribution in [1.29, 1.82) is 0 Å². The van der Waals surface area contributed by atoms with Crippen molar-refractivity contribution in [2.24, 2.45) is 11.1 Å². The topological polar surface area (TPSA) is 41.3 Å². The summed E-state index contributed by atoms with van der Waals surface area (Å²) < 4.78 is 0. The molecule has 1 rings (SSSR count). The molecule has 0 bridgehead atoms. The monoisotopic (exact) mass is 241 g/mol. The molecular formula is C14H31N3. The highest BCUT2D eigenvalue weighted by Crippen LogP contribution is 2.37. The molecule has 0 saturated heterocycles. The number of hydrogen-bond acceptors (Lipinski definition) is 3. The van der Waals surface area contributed by atoms with Crippen molar-refractivity contribution in [2.75, 3.05) is 33.7 Å². The zero-order valence-corrected chi connectivity index (χ0v) is 12.2. The molecule has 1 saturated carbocycles. The van der Waals surface area contributed by atoms with Crippen LogP contribution in [0.15, 0.2) is 0 Å². The highest BCUT2D eigenvalue weighted by molar-refractivity contribution is 4.93. The highest BCUT2D eigenvalue weighted by Gasteiger charge is 2.33. The Bertz CT molecular complexity index is 226. The molecule has 102 valence electrons. The van der Waals surface area contributed by atoms with Crippen LogP contribution in [0.5, 0.6) is 0 Å². The molecule has 3 heteroatoms. The van der Waals surface area contributed by atoms with Gasteiger partial charge in [0, 0.05) is 25.2 Å². The van der Waals surface area contributed by atoms with Crippen molar-refractivity contribution < 1.29 is 0 Å². The molecule has 0 aliphatic heterocycles. The summed E-state index contributed by atoms with van der Waals surface area (Å²) in [5.74, 6) is 0. The molecule has 0 spiro atoms. The van der Waals surface area contributed by atoms with Crippen LogP contribution in [-0.2, 0) is 0 Å². The summed E-state index contributed by atoms with van der Waals surface area (Å²) in [5, 5.41) is 3.73. The van der Waals surface area contributed by atoms with E-state index in [1.165, 1.54) is 32.1 Å². The number of rotatable bonds is 5. The minimum atomic E-state index is 0.198. The van der Waals surface area contributed by atoms with E-state index in [4.69, 9.17) is 5.73 Å². The van der Waals surface area contributed by atoms with Gasteiger partial charge in [0.15, 0.2) is 0 Å². The van der Waals surface area contributed by atoms with Crippen molar-refractivity contribution in [2.45, 2.75) is 51.5 Å². The Kier molecular flexibility index (Phi) is 5.42. The Labute approximate surface area is 107 Å². The van der Waals surface area contributed by atoms with Gasteiger partial charge in [-0.25, -0.2) is 0 Å². The van der Waals surface area contributed by atoms with Gasteiger partial charge in [0.25, 0.3) is 0 Å². The fourth-order valence-corrected chi connectivity index (χ4v) is 2.73. The van der Waals surface area contributed by atoms with E-state index >= 15 is 0 Å². The van der Waals surface area contributed by atoms with Gasteiger partial charge in [0.2, 0.25) is 0 Å². The normalized spacial score (nSPS) is 29.3. The maximum atomic E-state index is 6.04. The van der Waals surface area contributed by atoms with Crippen LogP contribution in [0.1, 0.15) is 46.0 Å². The van der Waals surface area contributed by atoms with Crippen LogP contribution in [0.4, 0.5) is 0 Å². The van der Waals surface area contributed by atoms with E-state index in [0.29, 0.717) is 5.41 Å². The predicted molar refractivity (Wildman–Crippen MR) is 75.2 cm³/mol. The summed E-state index contributed by atoms with van der Waals surface area (Å²) >= 11 is 0. The molecule has 0 heterocycles. The second-order valence-electron chi connectivity index (χ2n) is 6.73. The van der Waals surface area contributed by atoms with E-state index in [1.807, 2.05) is 0 Å². The molecule has 0 aromatic heterocycles. The van der Waals surface area contributed by atoms with Gasteiger partial charge >= 0.3 is 0 Å². The van der Waals surface area contributed by atoms with E-state index in [0.717, 1.165) is 19.6 Å². The molecule has 0 amide bonds. The molecule has 1 unspecified atom stereocenters. The summed E-state index contributed by atoms with van der Waals surface area (Å²) in [4.78, 5) is 2.22. The highest BCUT2D eigenvalue weighted by atomic mass is 15.1. The molecular weight excluding hydrogens is 210 g/mol. The first-order valence-electron chi connectivity index (χ1n) is 6.99. The lowest BCUT2D eigenvalue weighted by molar-refractivity contribution is 0.257. The van der Waals surface area contributed by atoms with E-state index in [2.05, 4.69) is 38.2 Å². The Morgan fingerprint density at radius 2 is 1.82 bits per heavy atom. The third kappa shape index (κ3) is 4.94. The van der Waals surface area contributed by atoms with Gasteiger partial charge in [0.05, 0.1) is 0 Å². The fraction of sp³-hybridized carbons (Fsp3) is 1.00. The summed E-state index contributed by atoms with van der Waals surface area (Å²) in [6, 6.07) is 0. The van der Waals surface area contributed by atoms with Gasteiger partial charge in [0.1, 0.15) is 0 Å².